The molecule has 0 saturated carbocycles. The number of hydrogen-bond donors (Lipinski definition) is 1. The molecule has 188 valence electrons. The number of hydrogen-bond acceptors (Lipinski definition) is 3. The van der Waals surface area contributed by atoms with E-state index in [4.69, 9.17) is 23.2 Å². The maximum atomic E-state index is 13.5. The summed E-state index contributed by atoms with van der Waals surface area (Å²) in [6.45, 7) is 0. The number of benzene rings is 3. The van der Waals surface area contributed by atoms with Crippen LogP contribution in [-0.4, -0.2) is 27.0 Å². The lowest BCUT2D eigenvalue weighted by Gasteiger charge is -2.33. The highest BCUT2D eigenvalue weighted by Crippen LogP contribution is 2.50. The van der Waals surface area contributed by atoms with Gasteiger partial charge in [0.15, 0.2) is 0 Å². The Kier molecular flexibility index (Phi) is 6.57. The molecule has 0 radical (unpaired) electrons. The summed E-state index contributed by atoms with van der Waals surface area (Å²) in [7, 11) is 0. The second-order valence-electron chi connectivity index (χ2n) is 7.87. The van der Waals surface area contributed by atoms with E-state index in [0.717, 1.165) is 16.7 Å². The van der Waals surface area contributed by atoms with E-state index in [1.807, 2.05) is 0 Å². The molecule has 4 nitrogen and oxygen atoms in total. The van der Waals surface area contributed by atoms with Crippen LogP contribution in [-0.2, 0) is 12.0 Å². The van der Waals surface area contributed by atoms with E-state index in [2.05, 4.69) is 4.98 Å². The Morgan fingerprint density at radius 3 is 2.06 bits per heavy atom. The molecule has 0 atom stereocenters. The Hall–Kier alpha value is -3.08. The molecule has 0 aliphatic heterocycles. The van der Waals surface area contributed by atoms with E-state index in [1.165, 1.54) is 12.1 Å². The second kappa shape index (κ2) is 9.10. The molecule has 12 heteroatoms. The predicted molar refractivity (Wildman–Crippen MR) is 123 cm³/mol. The summed E-state index contributed by atoms with van der Waals surface area (Å²) >= 11 is 12.1. The first-order valence-corrected chi connectivity index (χ1v) is 10.9. The van der Waals surface area contributed by atoms with Gasteiger partial charge in [0.2, 0.25) is 0 Å². The van der Waals surface area contributed by atoms with Crippen LogP contribution < -0.4 is 5.56 Å². The monoisotopic (exact) mass is 546 g/mol. The van der Waals surface area contributed by atoms with E-state index in [9.17, 15) is 36.2 Å². The van der Waals surface area contributed by atoms with Crippen molar-refractivity contribution in [2.45, 2.75) is 24.4 Å². The Bertz CT molecular complexity index is 1490. The molecule has 4 rings (SSSR count). The Morgan fingerprint density at radius 2 is 1.44 bits per heavy atom. The number of alkyl halides is 6. The van der Waals surface area contributed by atoms with Gasteiger partial charge in [-0.25, -0.2) is 4.98 Å². The minimum atomic E-state index is -6.09. The van der Waals surface area contributed by atoms with Crippen LogP contribution in [0.15, 0.2) is 71.5 Å². The van der Waals surface area contributed by atoms with Crippen LogP contribution in [0.5, 0.6) is 0 Å². The third-order valence-corrected chi connectivity index (χ3v) is 6.25. The molecule has 0 fully saturated rings. The third-order valence-electron chi connectivity index (χ3n) is 5.53. The highest BCUT2D eigenvalue weighted by Gasteiger charge is 2.71. The normalized spacial score (nSPS) is 12.8. The molecule has 36 heavy (non-hydrogen) atoms. The predicted octanol–water partition coefficient (Wildman–Crippen LogP) is 6.60. The maximum Gasteiger partial charge on any atom is 0.430 e. The number of halogens is 8. The van der Waals surface area contributed by atoms with Crippen LogP contribution in [0.25, 0.3) is 16.6 Å². The van der Waals surface area contributed by atoms with Crippen molar-refractivity contribution in [2.75, 3.05) is 0 Å². The van der Waals surface area contributed by atoms with E-state index in [1.54, 1.807) is 30.3 Å². The summed E-state index contributed by atoms with van der Waals surface area (Å²) in [6, 6.07) is 14.1. The average molecular weight is 547 g/mol. The molecule has 0 aliphatic rings. The standard InChI is InChI=1S/C24H14Cl2F6N2O2/c25-17-11-16-19(12-18(17)26)33-20(9-13-5-2-1-3-6-13)34(21(16)35)15-8-4-7-14(10-15)22(36,23(27,28)29)24(30,31)32/h1-8,10-12,36H,9H2. The number of aromatic nitrogens is 2. The highest BCUT2D eigenvalue weighted by molar-refractivity contribution is 6.42. The van der Waals surface area contributed by atoms with Crippen molar-refractivity contribution in [1.29, 1.82) is 0 Å². The number of rotatable bonds is 4. The fourth-order valence-electron chi connectivity index (χ4n) is 3.75. The molecule has 0 aliphatic carbocycles. The van der Waals surface area contributed by atoms with Gasteiger partial charge < -0.3 is 5.11 Å². The van der Waals surface area contributed by atoms with Gasteiger partial charge in [-0.15, -0.1) is 0 Å². The molecule has 0 spiro atoms. The van der Waals surface area contributed by atoms with Crippen LogP contribution >= 0.6 is 23.2 Å². The minimum absolute atomic E-state index is 0.000692. The zero-order valence-electron chi connectivity index (χ0n) is 17.8. The lowest BCUT2D eigenvalue weighted by atomic mass is 9.92. The van der Waals surface area contributed by atoms with Crippen LogP contribution in [0.4, 0.5) is 26.3 Å². The van der Waals surface area contributed by atoms with Crippen molar-refractivity contribution >= 4 is 34.1 Å². The summed E-state index contributed by atoms with van der Waals surface area (Å²) < 4.78 is 81.8. The van der Waals surface area contributed by atoms with Crippen molar-refractivity contribution in [3.05, 3.63) is 104 Å². The molecule has 0 amide bonds. The first-order chi connectivity index (χ1) is 16.7. The van der Waals surface area contributed by atoms with E-state index >= 15 is 0 Å². The van der Waals surface area contributed by atoms with Crippen molar-refractivity contribution in [1.82, 2.24) is 9.55 Å². The number of nitrogens with zero attached hydrogens (tertiary/aromatic N) is 2. The van der Waals surface area contributed by atoms with E-state index in [-0.39, 0.29) is 38.9 Å². The van der Waals surface area contributed by atoms with Crippen LogP contribution in [0.2, 0.25) is 10.0 Å². The quantitative estimate of drug-likeness (QED) is 0.293. The van der Waals surface area contributed by atoms with Gasteiger partial charge in [0.1, 0.15) is 5.82 Å². The van der Waals surface area contributed by atoms with Gasteiger partial charge in [-0.2, -0.15) is 26.3 Å². The molecular weight excluding hydrogens is 533 g/mol. The SMILES string of the molecule is O=c1c2cc(Cl)c(Cl)cc2nc(Cc2ccccc2)n1-c1cccc(C(O)(C(F)(F)F)C(F)(F)F)c1. The summed E-state index contributed by atoms with van der Waals surface area (Å²) in [4.78, 5) is 17.9. The van der Waals surface area contributed by atoms with Crippen molar-refractivity contribution in [3.63, 3.8) is 0 Å². The topological polar surface area (TPSA) is 55.1 Å². The fourth-order valence-corrected chi connectivity index (χ4v) is 4.07. The Labute approximate surface area is 209 Å². The second-order valence-corrected chi connectivity index (χ2v) is 8.69. The highest BCUT2D eigenvalue weighted by atomic mass is 35.5. The van der Waals surface area contributed by atoms with Gasteiger partial charge in [0.05, 0.1) is 26.6 Å². The third kappa shape index (κ3) is 4.44. The van der Waals surface area contributed by atoms with Gasteiger partial charge in [-0.05, 0) is 29.8 Å². The zero-order chi connectivity index (χ0) is 26.5. The van der Waals surface area contributed by atoms with Gasteiger partial charge in [-0.3, -0.25) is 9.36 Å². The van der Waals surface area contributed by atoms with Crippen LogP contribution in [0, 0.1) is 0 Å². The Balaban J connectivity index is 2.02. The number of aliphatic hydroxyl groups is 1. The van der Waals surface area contributed by atoms with Crippen molar-refractivity contribution in [3.8, 4) is 5.69 Å². The summed E-state index contributed by atoms with van der Waals surface area (Å²) in [5.41, 5.74) is -7.04. The molecule has 4 aromatic rings. The van der Waals surface area contributed by atoms with Gasteiger partial charge >= 0.3 is 12.4 Å². The molecule has 1 heterocycles. The van der Waals surface area contributed by atoms with E-state index < -0.39 is 29.1 Å². The van der Waals surface area contributed by atoms with Gasteiger partial charge in [0, 0.05) is 12.0 Å². The molecule has 0 saturated heterocycles. The number of fused-ring (bicyclic) bond motifs is 1. The molecule has 1 aromatic heterocycles. The molecular formula is C24H14Cl2F6N2O2. The van der Waals surface area contributed by atoms with Crippen molar-refractivity contribution in [2.24, 2.45) is 0 Å². The summed E-state index contributed by atoms with van der Waals surface area (Å²) in [5.74, 6) is 0.0109. The largest absolute Gasteiger partial charge is 0.430 e. The Morgan fingerprint density at radius 1 is 0.833 bits per heavy atom. The maximum absolute atomic E-state index is 13.5. The molecule has 3 aromatic carbocycles. The molecule has 0 bridgehead atoms. The first kappa shape index (κ1) is 26.0. The molecule has 0 unspecified atom stereocenters. The van der Waals surface area contributed by atoms with Gasteiger partial charge in [-0.1, -0.05) is 65.7 Å². The fraction of sp³-hybridized carbons (Fsp3) is 0.167. The van der Waals surface area contributed by atoms with Gasteiger partial charge in [0.25, 0.3) is 11.2 Å². The summed E-state index contributed by atoms with van der Waals surface area (Å²) in [5, 5.41) is 9.89. The molecule has 1 N–H and O–H groups in total. The van der Waals surface area contributed by atoms with Crippen molar-refractivity contribution < 1.29 is 31.4 Å². The van der Waals surface area contributed by atoms with Crippen LogP contribution in [0.1, 0.15) is 17.0 Å². The first-order valence-electron chi connectivity index (χ1n) is 10.2. The average Bonchev–Trinajstić information content (AvgIpc) is 2.79. The lowest BCUT2D eigenvalue weighted by Crippen LogP contribution is -2.54. The zero-order valence-corrected chi connectivity index (χ0v) is 19.3. The van der Waals surface area contributed by atoms with Crippen LogP contribution in [0.3, 0.4) is 0 Å². The smallest absolute Gasteiger partial charge is 0.369 e. The van der Waals surface area contributed by atoms with E-state index in [0.29, 0.717) is 17.7 Å². The minimum Gasteiger partial charge on any atom is -0.369 e. The lowest BCUT2D eigenvalue weighted by molar-refractivity contribution is -0.376. The summed E-state index contributed by atoms with van der Waals surface area (Å²) in [6.07, 6.45) is -12.2.